The summed E-state index contributed by atoms with van der Waals surface area (Å²) in [6.07, 6.45) is 0. The van der Waals surface area contributed by atoms with Gasteiger partial charge in [-0.3, -0.25) is 0 Å². The first-order chi connectivity index (χ1) is 5.66. The molecule has 2 rings (SSSR count). The average molecular weight is 182 g/mol. The van der Waals surface area contributed by atoms with E-state index in [9.17, 15) is 4.39 Å². The minimum Gasteiger partial charge on any atom is -0.399 e. The maximum Gasteiger partial charge on any atom is 0.134 e. The van der Waals surface area contributed by atoms with Crippen molar-refractivity contribution in [3.05, 3.63) is 24.0 Å². The summed E-state index contributed by atoms with van der Waals surface area (Å²) in [4.78, 5) is 0. The highest BCUT2D eigenvalue weighted by Crippen LogP contribution is 2.30. The molecule has 4 N–H and O–H groups in total. The van der Waals surface area contributed by atoms with Crippen LogP contribution in [-0.4, -0.2) is 0 Å². The zero-order valence-corrected chi connectivity index (χ0v) is 6.99. The number of anilines is 2. The van der Waals surface area contributed by atoms with Gasteiger partial charge in [0.25, 0.3) is 0 Å². The topological polar surface area (TPSA) is 52.0 Å². The van der Waals surface area contributed by atoms with Gasteiger partial charge >= 0.3 is 0 Å². The molecule has 0 fully saturated rings. The second kappa shape index (κ2) is 2.35. The van der Waals surface area contributed by atoms with E-state index in [4.69, 9.17) is 11.5 Å². The predicted octanol–water partition coefficient (Wildman–Crippen LogP) is 2.20. The van der Waals surface area contributed by atoms with Gasteiger partial charge in [-0.05, 0) is 18.2 Å². The lowest BCUT2D eigenvalue weighted by Crippen LogP contribution is -1.85. The number of rotatable bonds is 0. The number of benzene rings is 1. The van der Waals surface area contributed by atoms with Crippen LogP contribution in [0.3, 0.4) is 0 Å². The summed E-state index contributed by atoms with van der Waals surface area (Å²) in [5.41, 5.74) is 11.4. The largest absolute Gasteiger partial charge is 0.399 e. The third kappa shape index (κ3) is 1.00. The van der Waals surface area contributed by atoms with Gasteiger partial charge in [-0.15, -0.1) is 11.3 Å². The van der Waals surface area contributed by atoms with Crippen molar-refractivity contribution in [3.63, 3.8) is 0 Å². The Morgan fingerprint density at radius 1 is 1.17 bits per heavy atom. The number of hydrogen-bond donors (Lipinski definition) is 2. The number of nitrogens with two attached hydrogens (primary N) is 2. The van der Waals surface area contributed by atoms with Gasteiger partial charge < -0.3 is 11.5 Å². The lowest BCUT2D eigenvalue weighted by atomic mass is 10.2. The second-order valence-electron chi connectivity index (χ2n) is 2.56. The summed E-state index contributed by atoms with van der Waals surface area (Å²) < 4.78 is 13.9. The van der Waals surface area contributed by atoms with Crippen LogP contribution < -0.4 is 11.5 Å². The molecule has 2 aromatic rings. The summed E-state index contributed by atoms with van der Waals surface area (Å²) in [6, 6.07) is 4.64. The Bertz CT molecular complexity index is 436. The van der Waals surface area contributed by atoms with E-state index in [2.05, 4.69) is 0 Å². The zero-order valence-electron chi connectivity index (χ0n) is 6.17. The SMILES string of the molecule is Nc1cc(F)c2cc(N)sc2c1. The van der Waals surface area contributed by atoms with Gasteiger partial charge in [0.1, 0.15) is 5.82 Å². The van der Waals surface area contributed by atoms with Crippen molar-refractivity contribution >= 4 is 32.1 Å². The van der Waals surface area contributed by atoms with Gasteiger partial charge in [0.15, 0.2) is 0 Å². The van der Waals surface area contributed by atoms with Gasteiger partial charge in [0.2, 0.25) is 0 Å². The number of fused-ring (bicyclic) bond motifs is 1. The number of nitrogen functional groups attached to an aromatic ring is 2. The van der Waals surface area contributed by atoms with Crippen molar-refractivity contribution in [2.24, 2.45) is 0 Å². The quantitative estimate of drug-likeness (QED) is 0.614. The Balaban J connectivity index is 2.88. The van der Waals surface area contributed by atoms with E-state index >= 15 is 0 Å². The minimum absolute atomic E-state index is 0.307. The molecular formula is C8H7FN2S. The molecule has 1 aromatic heterocycles. The molecule has 0 spiro atoms. The molecule has 0 aliphatic carbocycles. The number of halogens is 1. The molecule has 62 valence electrons. The molecule has 0 radical (unpaired) electrons. The maximum atomic E-state index is 13.1. The molecule has 0 aliphatic rings. The molecule has 0 bridgehead atoms. The molecule has 2 nitrogen and oxygen atoms in total. The van der Waals surface area contributed by atoms with Gasteiger partial charge in [-0.1, -0.05) is 0 Å². The van der Waals surface area contributed by atoms with Crippen LogP contribution in [0.2, 0.25) is 0 Å². The Morgan fingerprint density at radius 3 is 2.67 bits per heavy atom. The average Bonchev–Trinajstić information content (AvgIpc) is 2.29. The predicted molar refractivity (Wildman–Crippen MR) is 50.6 cm³/mol. The lowest BCUT2D eigenvalue weighted by molar-refractivity contribution is 0.641. The van der Waals surface area contributed by atoms with Crippen LogP contribution in [-0.2, 0) is 0 Å². The second-order valence-corrected chi connectivity index (χ2v) is 3.68. The molecule has 4 heteroatoms. The molecule has 1 aromatic carbocycles. The fourth-order valence-corrected chi connectivity index (χ4v) is 2.03. The zero-order chi connectivity index (χ0) is 8.72. The Morgan fingerprint density at radius 2 is 1.92 bits per heavy atom. The Hall–Kier alpha value is -1.29. The molecule has 12 heavy (non-hydrogen) atoms. The van der Waals surface area contributed by atoms with Gasteiger partial charge in [0, 0.05) is 15.8 Å². The summed E-state index contributed by atoms with van der Waals surface area (Å²) in [7, 11) is 0. The lowest BCUT2D eigenvalue weighted by Gasteiger charge is -1.94. The Labute approximate surface area is 72.6 Å². The molecule has 0 saturated heterocycles. The molecule has 0 saturated carbocycles. The number of hydrogen-bond acceptors (Lipinski definition) is 3. The Kier molecular flexibility index (Phi) is 1.44. The fraction of sp³-hybridized carbons (Fsp3) is 0. The summed E-state index contributed by atoms with van der Waals surface area (Å²) in [5, 5.41) is 1.15. The van der Waals surface area contributed by atoms with Crippen molar-refractivity contribution in [3.8, 4) is 0 Å². The van der Waals surface area contributed by atoms with Crippen LogP contribution in [0.15, 0.2) is 18.2 Å². The molecule has 0 unspecified atom stereocenters. The van der Waals surface area contributed by atoms with Crippen LogP contribution in [0.1, 0.15) is 0 Å². The van der Waals surface area contributed by atoms with Crippen molar-refractivity contribution in [1.29, 1.82) is 0 Å². The fourth-order valence-electron chi connectivity index (χ4n) is 1.14. The van der Waals surface area contributed by atoms with E-state index in [0.29, 0.717) is 16.1 Å². The number of thiophene rings is 1. The molecule has 0 amide bonds. The van der Waals surface area contributed by atoms with E-state index in [1.165, 1.54) is 17.4 Å². The van der Waals surface area contributed by atoms with Crippen molar-refractivity contribution in [2.75, 3.05) is 11.5 Å². The van der Waals surface area contributed by atoms with Crippen LogP contribution >= 0.6 is 11.3 Å². The highest BCUT2D eigenvalue weighted by Gasteiger charge is 2.05. The minimum atomic E-state index is -0.307. The maximum absolute atomic E-state index is 13.1. The summed E-state index contributed by atoms with van der Waals surface area (Å²) in [5.74, 6) is -0.307. The van der Waals surface area contributed by atoms with Crippen LogP contribution in [0, 0.1) is 5.82 Å². The smallest absolute Gasteiger partial charge is 0.134 e. The molecule has 0 aliphatic heterocycles. The van der Waals surface area contributed by atoms with Gasteiger partial charge in [-0.2, -0.15) is 0 Å². The first kappa shape index (κ1) is 7.36. The van der Waals surface area contributed by atoms with Crippen molar-refractivity contribution in [1.82, 2.24) is 0 Å². The highest BCUT2D eigenvalue weighted by molar-refractivity contribution is 7.22. The van der Waals surface area contributed by atoms with Crippen molar-refractivity contribution in [2.45, 2.75) is 0 Å². The van der Waals surface area contributed by atoms with Crippen LogP contribution in [0.4, 0.5) is 15.1 Å². The molecule has 0 atom stereocenters. The van der Waals surface area contributed by atoms with Gasteiger partial charge in [-0.25, -0.2) is 4.39 Å². The van der Waals surface area contributed by atoms with E-state index in [1.807, 2.05) is 0 Å². The van der Waals surface area contributed by atoms with E-state index < -0.39 is 0 Å². The first-order valence-corrected chi connectivity index (χ1v) is 4.22. The van der Waals surface area contributed by atoms with Gasteiger partial charge in [0.05, 0.1) is 5.00 Å². The normalized spacial score (nSPS) is 10.8. The third-order valence-corrected chi connectivity index (χ3v) is 2.54. The van der Waals surface area contributed by atoms with E-state index in [0.717, 1.165) is 4.70 Å². The summed E-state index contributed by atoms with van der Waals surface area (Å²) in [6.45, 7) is 0. The molecular weight excluding hydrogens is 175 g/mol. The third-order valence-electron chi connectivity index (χ3n) is 1.63. The standard InChI is InChI=1S/C8H7FN2S/c9-6-1-4(10)2-7-5(6)3-8(11)12-7/h1-3H,10-11H2. The highest BCUT2D eigenvalue weighted by atomic mass is 32.1. The van der Waals surface area contributed by atoms with E-state index in [1.54, 1.807) is 12.1 Å². The van der Waals surface area contributed by atoms with Crippen LogP contribution in [0.25, 0.3) is 10.1 Å². The van der Waals surface area contributed by atoms with Crippen molar-refractivity contribution < 1.29 is 4.39 Å². The van der Waals surface area contributed by atoms with Crippen LogP contribution in [0.5, 0.6) is 0 Å². The molecule has 1 heterocycles. The first-order valence-electron chi connectivity index (χ1n) is 3.41. The summed E-state index contributed by atoms with van der Waals surface area (Å²) >= 11 is 1.34. The van der Waals surface area contributed by atoms with E-state index in [-0.39, 0.29) is 5.82 Å². The monoisotopic (exact) mass is 182 g/mol.